The zero-order valence-electron chi connectivity index (χ0n) is 19.5. The van der Waals surface area contributed by atoms with Gasteiger partial charge in [0.1, 0.15) is 0 Å². The molecule has 2 fully saturated rings. The van der Waals surface area contributed by atoms with Gasteiger partial charge in [0.2, 0.25) is 5.75 Å². The van der Waals surface area contributed by atoms with Crippen molar-refractivity contribution in [2.75, 3.05) is 21.3 Å². The van der Waals surface area contributed by atoms with Gasteiger partial charge in [-0.25, -0.2) is 4.99 Å². The van der Waals surface area contributed by atoms with E-state index in [1.807, 2.05) is 53.4 Å². The Morgan fingerprint density at radius 3 is 2.27 bits per heavy atom. The number of thioether (sulfide) groups is 1. The molecule has 0 aromatic heterocycles. The van der Waals surface area contributed by atoms with Gasteiger partial charge in [0, 0.05) is 6.04 Å². The Morgan fingerprint density at radius 1 is 1.00 bits per heavy atom. The molecule has 0 N–H and O–H groups in total. The third kappa shape index (κ3) is 4.88. The fourth-order valence-electron chi connectivity index (χ4n) is 4.49. The number of nitrogens with zero attached hydrogens (tertiary/aromatic N) is 2. The van der Waals surface area contributed by atoms with Crippen molar-refractivity contribution in [3.05, 3.63) is 52.9 Å². The average Bonchev–Trinajstić information content (AvgIpc) is 3.13. The van der Waals surface area contributed by atoms with Gasteiger partial charge in [-0.15, -0.1) is 0 Å². The highest BCUT2D eigenvalue weighted by Crippen LogP contribution is 2.42. The summed E-state index contributed by atoms with van der Waals surface area (Å²) in [6.45, 7) is 2.24. The third-order valence-corrected chi connectivity index (χ3v) is 7.18. The van der Waals surface area contributed by atoms with Crippen LogP contribution in [0.3, 0.4) is 0 Å². The van der Waals surface area contributed by atoms with Crippen LogP contribution in [0.5, 0.6) is 17.2 Å². The van der Waals surface area contributed by atoms with Gasteiger partial charge >= 0.3 is 0 Å². The van der Waals surface area contributed by atoms with E-state index in [-0.39, 0.29) is 11.9 Å². The Balaban J connectivity index is 1.75. The molecule has 6 nitrogen and oxygen atoms in total. The summed E-state index contributed by atoms with van der Waals surface area (Å²) in [5.41, 5.74) is 1.65. The first-order valence-electron chi connectivity index (χ1n) is 11.2. The summed E-state index contributed by atoms with van der Waals surface area (Å²) >= 11 is 1.42. The number of ether oxygens (including phenoxy) is 3. The molecule has 1 aliphatic heterocycles. The SMILES string of the molecule is COc1cc(/C=C2\SC(=Nc3ccccc3)N([C@H]3CCCC[C@H]3C)C2=O)cc(OC)c1OC. The first-order valence-corrected chi connectivity index (χ1v) is 12.0. The molecule has 2 aromatic carbocycles. The zero-order valence-corrected chi connectivity index (χ0v) is 20.4. The molecule has 2 aromatic rings. The standard InChI is InChI=1S/C26H30N2O4S/c1-17-10-8-9-13-20(17)28-25(29)23(33-26(28)27-19-11-6-5-7-12-19)16-18-14-21(30-2)24(32-4)22(15-18)31-3/h5-7,11-12,14-17,20H,8-10,13H2,1-4H3/b23-16-,27-26?/t17-,20+/m1/s1. The summed E-state index contributed by atoms with van der Waals surface area (Å²) in [7, 11) is 4.74. The summed E-state index contributed by atoms with van der Waals surface area (Å²) in [5, 5.41) is 0.739. The number of hydrogen-bond donors (Lipinski definition) is 0. The molecule has 0 bridgehead atoms. The van der Waals surface area contributed by atoms with Crippen LogP contribution in [-0.2, 0) is 4.79 Å². The first-order chi connectivity index (χ1) is 16.0. The molecule has 7 heteroatoms. The molecule has 4 rings (SSSR count). The summed E-state index contributed by atoms with van der Waals surface area (Å²) in [6, 6.07) is 13.7. The molecule has 2 aliphatic rings. The second-order valence-electron chi connectivity index (χ2n) is 8.30. The van der Waals surface area contributed by atoms with Crippen molar-refractivity contribution >= 4 is 34.6 Å². The number of benzene rings is 2. The van der Waals surface area contributed by atoms with E-state index in [4.69, 9.17) is 19.2 Å². The van der Waals surface area contributed by atoms with E-state index in [1.54, 1.807) is 21.3 Å². The van der Waals surface area contributed by atoms with E-state index in [0.717, 1.165) is 35.7 Å². The molecule has 1 aliphatic carbocycles. The van der Waals surface area contributed by atoms with Crippen LogP contribution in [0, 0.1) is 5.92 Å². The van der Waals surface area contributed by atoms with Crippen molar-refractivity contribution in [2.45, 2.75) is 38.6 Å². The summed E-state index contributed by atoms with van der Waals surface area (Å²) in [4.78, 5) is 21.1. The molecule has 2 atom stereocenters. The second kappa shape index (κ2) is 10.3. The van der Waals surface area contributed by atoms with Crippen molar-refractivity contribution in [2.24, 2.45) is 10.9 Å². The molecule has 0 radical (unpaired) electrons. The highest BCUT2D eigenvalue weighted by atomic mass is 32.2. The van der Waals surface area contributed by atoms with Gasteiger partial charge in [0.25, 0.3) is 5.91 Å². The van der Waals surface area contributed by atoms with E-state index in [2.05, 4.69) is 6.92 Å². The minimum Gasteiger partial charge on any atom is -0.493 e. The van der Waals surface area contributed by atoms with Crippen LogP contribution in [0.2, 0.25) is 0 Å². The normalized spacial score (nSPS) is 23.3. The van der Waals surface area contributed by atoms with E-state index in [9.17, 15) is 4.79 Å². The molecule has 174 valence electrons. The van der Waals surface area contributed by atoms with Gasteiger partial charge < -0.3 is 14.2 Å². The lowest BCUT2D eigenvalue weighted by Crippen LogP contribution is -2.44. The molecule has 0 spiro atoms. The maximum atomic E-state index is 13.7. The maximum absolute atomic E-state index is 13.7. The molecule has 1 heterocycles. The van der Waals surface area contributed by atoms with Crippen molar-refractivity contribution in [3.63, 3.8) is 0 Å². The quantitative estimate of drug-likeness (QED) is 0.497. The van der Waals surface area contributed by atoms with Crippen molar-refractivity contribution in [3.8, 4) is 17.2 Å². The number of amides is 1. The maximum Gasteiger partial charge on any atom is 0.267 e. The van der Waals surface area contributed by atoms with Crippen LogP contribution < -0.4 is 14.2 Å². The fraction of sp³-hybridized carbons (Fsp3) is 0.385. The number of amidine groups is 1. The minimum atomic E-state index is 0.00202. The Hall–Kier alpha value is -2.93. The summed E-state index contributed by atoms with van der Waals surface area (Å²) < 4.78 is 16.4. The van der Waals surface area contributed by atoms with Gasteiger partial charge in [0.15, 0.2) is 16.7 Å². The summed E-state index contributed by atoms with van der Waals surface area (Å²) in [6.07, 6.45) is 6.36. The topological polar surface area (TPSA) is 60.4 Å². The molecule has 33 heavy (non-hydrogen) atoms. The second-order valence-corrected chi connectivity index (χ2v) is 9.31. The lowest BCUT2D eigenvalue weighted by Gasteiger charge is -2.35. The van der Waals surface area contributed by atoms with Gasteiger partial charge in [-0.2, -0.15) is 0 Å². The minimum absolute atomic E-state index is 0.00202. The predicted octanol–water partition coefficient (Wildman–Crippen LogP) is 5.90. The van der Waals surface area contributed by atoms with Crippen molar-refractivity contribution in [1.82, 2.24) is 4.90 Å². The Bertz CT molecular complexity index is 1040. The average molecular weight is 467 g/mol. The highest BCUT2D eigenvalue weighted by molar-refractivity contribution is 8.18. The Morgan fingerprint density at radius 2 is 1.67 bits per heavy atom. The first kappa shape index (κ1) is 23.2. The fourth-order valence-corrected chi connectivity index (χ4v) is 5.53. The van der Waals surface area contributed by atoms with Crippen LogP contribution in [0.1, 0.15) is 38.2 Å². The molecule has 0 unspecified atom stereocenters. The lowest BCUT2D eigenvalue weighted by molar-refractivity contribution is -0.124. The summed E-state index contributed by atoms with van der Waals surface area (Å²) in [5.74, 6) is 2.06. The van der Waals surface area contributed by atoms with Crippen LogP contribution in [0.25, 0.3) is 6.08 Å². The molecule has 1 saturated heterocycles. The smallest absolute Gasteiger partial charge is 0.267 e. The number of carbonyl (C=O) groups excluding carboxylic acids is 1. The number of carbonyl (C=O) groups is 1. The van der Waals surface area contributed by atoms with E-state index < -0.39 is 0 Å². The number of para-hydroxylation sites is 1. The van der Waals surface area contributed by atoms with Gasteiger partial charge in [-0.1, -0.05) is 38.0 Å². The lowest BCUT2D eigenvalue weighted by atomic mass is 9.85. The number of aliphatic imine (C=N–C) groups is 1. The largest absolute Gasteiger partial charge is 0.493 e. The predicted molar refractivity (Wildman–Crippen MR) is 133 cm³/mol. The van der Waals surface area contributed by atoms with Crippen molar-refractivity contribution < 1.29 is 19.0 Å². The van der Waals surface area contributed by atoms with Gasteiger partial charge in [-0.3, -0.25) is 9.69 Å². The number of methoxy groups -OCH3 is 3. The van der Waals surface area contributed by atoms with E-state index in [1.165, 1.54) is 18.2 Å². The van der Waals surface area contributed by atoms with Crippen LogP contribution in [0.15, 0.2) is 52.4 Å². The van der Waals surface area contributed by atoms with Crippen LogP contribution in [0.4, 0.5) is 5.69 Å². The van der Waals surface area contributed by atoms with Gasteiger partial charge in [0.05, 0.1) is 31.9 Å². The van der Waals surface area contributed by atoms with Crippen LogP contribution >= 0.6 is 11.8 Å². The number of rotatable bonds is 6. The van der Waals surface area contributed by atoms with E-state index in [0.29, 0.717) is 28.1 Å². The number of hydrogen-bond acceptors (Lipinski definition) is 6. The molecule has 1 amide bonds. The Kier molecular flexibility index (Phi) is 7.28. The molecular formula is C26H30N2O4S. The molecular weight excluding hydrogens is 436 g/mol. The monoisotopic (exact) mass is 466 g/mol. The third-order valence-electron chi connectivity index (χ3n) is 6.20. The van der Waals surface area contributed by atoms with Crippen LogP contribution in [-0.4, -0.2) is 43.3 Å². The Labute approximate surface area is 199 Å². The van der Waals surface area contributed by atoms with Gasteiger partial charge in [-0.05, 0) is 66.4 Å². The zero-order chi connectivity index (χ0) is 23.4. The van der Waals surface area contributed by atoms with E-state index >= 15 is 0 Å². The highest BCUT2D eigenvalue weighted by Gasteiger charge is 2.41. The molecule has 1 saturated carbocycles. The van der Waals surface area contributed by atoms with Crippen molar-refractivity contribution in [1.29, 1.82) is 0 Å².